The Morgan fingerprint density at radius 3 is 2.79 bits per heavy atom. The maximum absolute atomic E-state index is 12.5. The SMILES string of the molecule is CC1NCCN(C(=O)c2ccc(I)cc2Cl)C1C.Cl. The van der Waals surface area contributed by atoms with Gasteiger partial charge in [-0.2, -0.15) is 0 Å². The van der Waals surface area contributed by atoms with Gasteiger partial charge in [-0.3, -0.25) is 4.79 Å². The van der Waals surface area contributed by atoms with E-state index in [2.05, 4.69) is 41.8 Å². The summed E-state index contributed by atoms with van der Waals surface area (Å²) < 4.78 is 1.04. The normalized spacial score (nSPS) is 22.8. The predicted molar refractivity (Wildman–Crippen MR) is 89.4 cm³/mol. The minimum absolute atomic E-state index is 0. The van der Waals surface area contributed by atoms with Gasteiger partial charge in [-0.1, -0.05) is 11.6 Å². The molecule has 1 N–H and O–H groups in total. The van der Waals surface area contributed by atoms with E-state index in [1.807, 2.05) is 23.1 Å². The van der Waals surface area contributed by atoms with Crippen molar-refractivity contribution in [1.29, 1.82) is 0 Å². The fraction of sp³-hybridized carbons (Fsp3) is 0.462. The van der Waals surface area contributed by atoms with Gasteiger partial charge in [-0.25, -0.2) is 0 Å². The zero-order chi connectivity index (χ0) is 13.3. The summed E-state index contributed by atoms with van der Waals surface area (Å²) >= 11 is 8.35. The molecule has 19 heavy (non-hydrogen) atoms. The van der Waals surface area contributed by atoms with Crippen LogP contribution in [0.25, 0.3) is 0 Å². The average Bonchev–Trinajstić information content (AvgIpc) is 2.32. The van der Waals surface area contributed by atoms with E-state index in [1.165, 1.54) is 0 Å². The molecule has 1 fully saturated rings. The lowest BCUT2D eigenvalue weighted by Gasteiger charge is -2.38. The van der Waals surface area contributed by atoms with Gasteiger partial charge in [0.25, 0.3) is 5.91 Å². The first-order valence-corrected chi connectivity index (χ1v) is 7.46. The summed E-state index contributed by atoms with van der Waals surface area (Å²) in [6, 6.07) is 6.04. The van der Waals surface area contributed by atoms with Crippen molar-refractivity contribution in [2.75, 3.05) is 13.1 Å². The van der Waals surface area contributed by atoms with Crippen LogP contribution in [0.2, 0.25) is 5.02 Å². The second kappa shape index (κ2) is 7.11. The van der Waals surface area contributed by atoms with Crippen molar-refractivity contribution in [2.45, 2.75) is 25.9 Å². The highest BCUT2D eigenvalue weighted by Gasteiger charge is 2.29. The van der Waals surface area contributed by atoms with E-state index in [4.69, 9.17) is 11.6 Å². The van der Waals surface area contributed by atoms with Crippen LogP contribution in [-0.4, -0.2) is 36.0 Å². The number of hydrogen-bond acceptors (Lipinski definition) is 2. The molecule has 1 aromatic rings. The Bertz CT molecular complexity index is 470. The Kier molecular flexibility index (Phi) is 6.36. The Balaban J connectivity index is 0.00000180. The summed E-state index contributed by atoms with van der Waals surface area (Å²) in [6.07, 6.45) is 0. The minimum Gasteiger partial charge on any atom is -0.333 e. The van der Waals surface area contributed by atoms with Crippen LogP contribution in [0, 0.1) is 3.57 Å². The largest absolute Gasteiger partial charge is 0.333 e. The molecule has 2 atom stereocenters. The minimum atomic E-state index is 0. The van der Waals surface area contributed by atoms with Crippen molar-refractivity contribution in [1.82, 2.24) is 10.2 Å². The highest BCUT2D eigenvalue weighted by atomic mass is 127. The first kappa shape index (κ1) is 17.0. The number of halogens is 3. The average molecular weight is 415 g/mol. The quantitative estimate of drug-likeness (QED) is 0.715. The molecular weight excluding hydrogens is 398 g/mol. The van der Waals surface area contributed by atoms with Crippen molar-refractivity contribution >= 4 is 52.5 Å². The van der Waals surface area contributed by atoms with Gasteiger partial charge in [0.05, 0.1) is 10.6 Å². The molecule has 106 valence electrons. The number of nitrogens with zero attached hydrogens (tertiary/aromatic N) is 1. The number of rotatable bonds is 1. The molecule has 2 unspecified atom stereocenters. The summed E-state index contributed by atoms with van der Waals surface area (Å²) in [6.45, 7) is 5.72. The Morgan fingerprint density at radius 1 is 1.47 bits per heavy atom. The van der Waals surface area contributed by atoms with Crippen LogP contribution in [0.1, 0.15) is 24.2 Å². The third-order valence-electron chi connectivity index (χ3n) is 3.46. The summed E-state index contributed by atoms with van der Waals surface area (Å²) in [5, 5.41) is 3.90. The molecule has 3 nitrogen and oxygen atoms in total. The third kappa shape index (κ3) is 3.74. The molecule has 0 aromatic heterocycles. The molecule has 1 saturated heterocycles. The first-order chi connectivity index (χ1) is 8.50. The van der Waals surface area contributed by atoms with Crippen molar-refractivity contribution < 1.29 is 4.79 Å². The standard InChI is InChI=1S/C13H16ClIN2O.ClH/c1-8-9(2)17(6-5-16-8)13(18)11-4-3-10(15)7-12(11)14;/h3-4,7-9,16H,5-6H2,1-2H3;1H. The van der Waals surface area contributed by atoms with Crippen LogP contribution in [0.4, 0.5) is 0 Å². The number of hydrogen-bond donors (Lipinski definition) is 1. The first-order valence-electron chi connectivity index (χ1n) is 6.00. The van der Waals surface area contributed by atoms with E-state index in [0.717, 1.165) is 16.7 Å². The molecular formula is C13H17Cl2IN2O. The van der Waals surface area contributed by atoms with Gasteiger partial charge >= 0.3 is 0 Å². The highest BCUT2D eigenvalue weighted by molar-refractivity contribution is 14.1. The number of nitrogens with one attached hydrogen (secondary N) is 1. The fourth-order valence-electron chi connectivity index (χ4n) is 2.16. The van der Waals surface area contributed by atoms with E-state index in [1.54, 1.807) is 0 Å². The predicted octanol–water partition coefficient (Wildman–Crippen LogP) is 3.19. The summed E-state index contributed by atoms with van der Waals surface area (Å²) in [5.74, 6) is 0.0252. The Hall–Kier alpha value is -0.0400. The molecule has 1 aliphatic rings. The number of carbonyl (C=O) groups is 1. The van der Waals surface area contributed by atoms with Crippen LogP contribution in [0.3, 0.4) is 0 Å². The van der Waals surface area contributed by atoms with Gasteiger partial charge in [0.15, 0.2) is 0 Å². The van der Waals surface area contributed by atoms with Gasteiger partial charge in [0.2, 0.25) is 0 Å². The second-order valence-corrected chi connectivity index (χ2v) is 6.26. The van der Waals surface area contributed by atoms with Gasteiger partial charge in [0, 0.05) is 28.7 Å². The molecule has 0 saturated carbocycles. The van der Waals surface area contributed by atoms with Crippen molar-refractivity contribution in [3.05, 3.63) is 32.4 Å². The summed E-state index contributed by atoms with van der Waals surface area (Å²) in [7, 11) is 0. The number of carbonyl (C=O) groups excluding carboxylic acids is 1. The molecule has 1 amide bonds. The highest BCUT2D eigenvalue weighted by Crippen LogP contribution is 2.22. The van der Waals surface area contributed by atoms with Crippen LogP contribution in [-0.2, 0) is 0 Å². The van der Waals surface area contributed by atoms with Gasteiger partial charge in [-0.15, -0.1) is 12.4 Å². The maximum atomic E-state index is 12.5. The smallest absolute Gasteiger partial charge is 0.255 e. The summed E-state index contributed by atoms with van der Waals surface area (Å²) in [4.78, 5) is 14.4. The molecule has 6 heteroatoms. The van der Waals surface area contributed by atoms with Crippen molar-refractivity contribution in [3.8, 4) is 0 Å². The van der Waals surface area contributed by atoms with Crippen molar-refractivity contribution in [3.63, 3.8) is 0 Å². The van der Waals surface area contributed by atoms with Crippen molar-refractivity contribution in [2.24, 2.45) is 0 Å². The third-order valence-corrected chi connectivity index (χ3v) is 4.44. The van der Waals surface area contributed by atoms with Crippen LogP contribution < -0.4 is 5.32 Å². The topological polar surface area (TPSA) is 32.3 Å². The monoisotopic (exact) mass is 414 g/mol. The van der Waals surface area contributed by atoms with E-state index < -0.39 is 0 Å². The van der Waals surface area contributed by atoms with Crippen LogP contribution in [0.5, 0.6) is 0 Å². The van der Waals surface area contributed by atoms with Crippen LogP contribution in [0.15, 0.2) is 18.2 Å². The number of amides is 1. The molecule has 1 aromatic carbocycles. The number of benzene rings is 1. The van der Waals surface area contributed by atoms with Crippen LogP contribution >= 0.6 is 46.6 Å². The molecule has 2 rings (SSSR count). The van der Waals surface area contributed by atoms with Gasteiger partial charge < -0.3 is 10.2 Å². The number of piperazine rings is 1. The zero-order valence-electron chi connectivity index (χ0n) is 10.8. The Morgan fingerprint density at radius 2 is 2.16 bits per heavy atom. The van der Waals surface area contributed by atoms with E-state index >= 15 is 0 Å². The van der Waals surface area contributed by atoms with Gasteiger partial charge in [-0.05, 0) is 54.6 Å². The Labute approximate surface area is 138 Å². The lowest BCUT2D eigenvalue weighted by Crippen LogP contribution is -2.57. The van der Waals surface area contributed by atoms with E-state index in [9.17, 15) is 4.79 Å². The molecule has 1 aliphatic heterocycles. The lowest BCUT2D eigenvalue weighted by atomic mass is 10.1. The van der Waals surface area contributed by atoms with E-state index in [0.29, 0.717) is 16.6 Å². The van der Waals surface area contributed by atoms with Gasteiger partial charge in [0.1, 0.15) is 0 Å². The molecule has 0 aliphatic carbocycles. The lowest BCUT2D eigenvalue weighted by molar-refractivity contribution is 0.0603. The molecule has 1 heterocycles. The molecule has 0 radical (unpaired) electrons. The second-order valence-electron chi connectivity index (χ2n) is 4.61. The molecule has 0 bridgehead atoms. The summed E-state index contributed by atoms with van der Waals surface area (Å²) in [5.41, 5.74) is 0.595. The maximum Gasteiger partial charge on any atom is 0.255 e. The zero-order valence-corrected chi connectivity index (χ0v) is 14.6. The fourth-order valence-corrected chi connectivity index (χ4v) is 3.10. The van der Waals surface area contributed by atoms with E-state index in [-0.39, 0.29) is 24.4 Å². The molecule has 0 spiro atoms.